The fourth-order valence-corrected chi connectivity index (χ4v) is 4.03. The maximum Gasteiger partial charge on any atom is 0.203 e. The highest BCUT2D eigenvalue weighted by atomic mass is 35.5. The Morgan fingerprint density at radius 3 is 2.55 bits per heavy atom. The zero-order valence-corrected chi connectivity index (χ0v) is 19.0. The topological polar surface area (TPSA) is 46.5 Å². The number of halogens is 2. The van der Waals surface area contributed by atoms with Crippen molar-refractivity contribution in [2.24, 2.45) is 5.10 Å². The lowest BCUT2D eigenvalue weighted by atomic mass is 10.1. The van der Waals surface area contributed by atoms with Gasteiger partial charge >= 0.3 is 0 Å². The summed E-state index contributed by atoms with van der Waals surface area (Å²) in [4.78, 5) is 4.56. The molecule has 1 N–H and O–H groups in total. The Morgan fingerprint density at radius 2 is 1.81 bits per heavy atom. The Labute approximate surface area is 195 Å². The van der Waals surface area contributed by atoms with E-state index >= 15 is 0 Å². The molecule has 0 atom stereocenters. The smallest absolute Gasteiger partial charge is 0.203 e. The summed E-state index contributed by atoms with van der Waals surface area (Å²) in [6.45, 7) is 2.48. The first-order valence-corrected chi connectivity index (χ1v) is 11.2. The number of nitrogens with one attached hydrogen (secondary N) is 1. The molecule has 1 aromatic heterocycles. The van der Waals surface area contributed by atoms with Gasteiger partial charge in [0.2, 0.25) is 5.13 Å². The molecule has 4 rings (SSSR count). The summed E-state index contributed by atoms with van der Waals surface area (Å²) in [7, 11) is 0. The molecule has 0 aliphatic heterocycles. The zero-order chi connectivity index (χ0) is 21.6. The van der Waals surface area contributed by atoms with E-state index < -0.39 is 0 Å². The van der Waals surface area contributed by atoms with Gasteiger partial charge in [-0.2, -0.15) is 5.10 Å². The fourth-order valence-electron chi connectivity index (χ4n) is 2.88. The van der Waals surface area contributed by atoms with Crippen molar-refractivity contribution >= 4 is 45.4 Å². The molecule has 156 valence electrons. The third kappa shape index (κ3) is 5.64. The summed E-state index contributed by atoms with van der Waals surface area (Å²) in [5, 5.41) is 8.23. The highest BCUT2D eigenvalue weighted by Gasteiger charge is 2.09. The van der Waals surface area contributed by atoms with E-state index in [4.69, 9.17) is 27.9 Å². The lowest BCUT2D eigenvalue weighted by molar-refractivity contribution is 0.306. The van der Waals surface area contributed by atoms with E-state index in [9.17, 15) is 0 Å². The molecule has 0 unspecified atom stereocenters. The van der Waals surface area contributed by atoms with Crippen LogP contribution in [-0.2, 0) is 6.61 Å². The Morgan fingerprint density at radius 1 is 1.03 bits per heavy atom. The van der Waals surface area contributed by atoms with E-state index in [1.54, 1.807) is 12.1 Å². The number of nitrogens with zero attached hydrogens (tertiary/aromatic N) is 2. The molecule has 0 saturated carbocycles. The summed E-state index contributed by atoms with van der Waals surface area (Å²) in [6, 6.07) is 23.3. The average Bonchev–Trinajstić information content (AvgIpc) is 3.26. The molecule has 0 amide bonds. The van der Waals surface area contributed by atoms with Crippen LogP contribution >= 0.6 is 34.5 Å². The van der Waals surface area contributed by atoms with Crippen LogP contribution in [0.15, 0.2) is 83.3 Å². The molecule has 3 aromatic carbocycles. The van der Waals surface area contributed by atoms with Crippen molar-refractivity contribution < 1.29 is 4.74 Å². The van der Waals surface area contributed by atoms with E-state index in [2.05, 4.69) is 15.5 Å². The van der Waals surface area contributed by atoms with E-state index in [-0.39, 0.29) is 0 Å². The van der Waals surface area contributed by atoms with Crippen LogP contribution in [0.4, 0.5) is 5.13 Å². The molecular formula is C24H19Cl2N3OS. The summed E-state index contributed by atoms with van der Waals surface area (Å²) in [5.41, 5.74) is 7.61. The second-order valence-electron chi connectivity index (χ2n) is 6.77. The van der Waals surface area contributed by atoms with Crippen molar-refractivity contribution in [2.75, 3.05) is 5.43 Å². The minimum atomic E-state index is 0.541. The van der Waals surface area contributed by atoms with Crippen molar-refractivity contribution in [1.29, 1.82) is 0 Å². The number of thiazole rings is 1. The molecule has 31 heavy (non-hydrogen) atoms. The van der Waals surface area contributed by atoms with E-state index in [0.29, 0.717) is 21.8 Å². The van der Waals surface area contributed by atoms with Crippen LogP contribution in [0.5, 0.6) is 5.75 Å². The van der Waals surface area contributed by atoms with Gasteiger partial charge in [-0.05, 0) is 60.5 Å². The molecule has 0 aliphatic carbocycles. The third-order valence-corrected chi connectivity index (χ3v) is 5.85. The SMILES string of the molecule is CC(=NNc1nc(-c2ccc(Cl)cc2Cl)cs1)c1ccc(OCc2ccccc2)cc1. The van der Waals surface area contributed by atoms with Gasteiger partial charge in [-0.3, -0.25) is 5.43 Å². The Kier molecular flexibility index (Phi) is 6.87. The van der Waals surface area contributed by atoms with E-state index in [0.717, 1.165) is 33.8 Å². The largest absolute Gasteiger partial charge is 0.489 e. The number of benzene rings is 3. The molecular weight excluding hydrogens is 449 g/mol. The number of hydrazone groups is 1. The lowest BCUT2D eigenvalue weighted by Crippen LogP contribution is -2.00. The van der Waals surface area contributed by atoms with Crippen LogP contribution in [0, 0.1) is 0 Å². The lowest BCUT2D eigenvalue weighted by Gasteiger charge is -2.07. The van der Waals surface area contributed by atoms with Crippen molar-refractivity contribution in [2.45, 2.75) is 13.5 Å². The first-order valence-electron chi connectivity index (χ1n) is 9.57. The van der Waals surface area contributed by atoms with Crippen LogP contribution in [0.3, 0.4) is 0 Å². The van der Waals surface area contributed by atoms with Crippen molar-refractivity contribution in [1.82, 2.24) is 4.98 Å². The number of hydrogen-bond acceptors (Lipinski definition) is 5. The van der Waals surface area contributed by atoms with Crippen molar-refractivity contribution in [3.05, 3.63) is 99.3 Å². The first-order chi connectivity index (χ1) is 15.1. The minimum Gasteiger partial charge on any atom is -0.489 e. The number of aromatic nitrogens is 1. The summed E-state index contributed by atoms with van der Waals surface area (Å²) in [6.07, 6.45) is 0. The van der Waals surface area contributed by atoms with Gasteiger partial charge in [0.15, 0.2) is 0 Å². The van der Waals surface area contributed by atoms with Gasteiger partial charge in [-0.1, -0.05) is 53.5 Å². The van der Waals surface area contributed by atoms with Crippen molar-refractivity contribution in [3.63, 3.8) is 0 Å². The second kappa shape index (κ2) is 9.96. The van der Waals surface area contributed by atoms with Gasteiger partial charge in [-0.15, -0.1) is 11.3 Å². The molecule has 0 aliphatic rings. The van der Waals surface area contributed by atoms with Crippen molar-refractivity contribution in [3.8, 4) is 17.0 Å². The van der Waals surface area contributed by atoms with Gasteiger partial charge in [0.25, 0.3) is 0 Å². The van der Waals surface area contributed by atoms with Gasteiger partial charge in [0, 0.05) is 16.0 Å². The predicted molar refractivity (Wildman–Crippen MR) is 131 cm³/mol. The number of rotatable bonds is 7. The van der Waals surface area contributed by atoms with Gasteiger partial charge in [0.05, 0.1) is 16.4 Å². The van der Waals surface area contributed by atoms with Crippen LogP contribution in [0.25, 0.3) is 11.3 Å². The predicted octanol–water partition coefficient (Wildman–Crippen LogP) is 7.53. The molecule has 0 radical (unpaired) electrons. The second-order valence-corrected chi connectivity index (χ2v) is 8.47. The Bertz CT molecular complexity index is 1190. The highest BCUT2D eigenvalue weighted by Crippen LogP contribution is 2.32. The monoisotopic (exact) mass is 467 g/mol. The van der Waals surface area contributed by atoms with Gasteiger partial charge in [0.1, 0.15) is 12.4 Å². The van der Waals surface area contributed by atoms with E-state index in [1.165, 1.54) is 11.3 Å². The molecule has 0 spiro atoms. The number of ether oxygens (including phenoxy) is 1. The fraction of sp³-hybridized carbons (Fsp3) is 0.0833. The molecule has 0 fully saturated rings. The summed E-state index contributed by atoms with van der Waals surface area (Å²) < 4.78 is 5.83. The molecule has 7 heteroatoms. The third-order valence-electron chi connectivity index (χ3n) is 4.55. The summed E-state index contributed by atoms with van der Waals surface area (Å²) >= 11 is 13.7. The molecule has 4 nitrogen and oxygen atoms in total. The van der Waals surface area contributed by atoms with Crippen LogP contribution in [0.2, 0.25) is 10.0 Å². The quantitative estimate of drug-likeness (QED) is 0.225. The molecule has 4 aromatic rings. The van der Waals surface area contributed by atoms with Crippen LogP contribution < -0.4 is 10.2 Å². The Hall–Kier alpha value is -2.86. The molecule has 0 bridgehead atoms. The normalized spacial score (nSPS) is 11.4. The number of hydrogen-bond donors (Lipinski definition) is 1. The molecule has 0 saturated heterocycles. The maximum atomic E-state index is 6.27. The highest BCUT2D eigenvalue weighted by molar-refractivity contribution is 7.14. The minimum absolute atomic E-state index is 0.541. The maximum absolute atomic E-state index is 6.27. The van der Waals surface area contributed by atoms with Crippen LogP contribution in [0.1, 0.15) is 18.1 Å². The van der Waals surface area contributed by atoms with Gasteiger partial charge < -0.3 is 4.74 Å². The van der Waals surface area contributed by atoms with Crippen LogP contribution in [-0.4, -0.2) is 10.7 Å². The van der Waals surface area contributed by atoms with Gasteiger partial charge in [-0.25, -0.2) is 4.98 Å². The first kappa shape index (κ1) is 21.4. The zero-order valence-electron chi connectivity index (χ0n) is 16.7. The standard InChI is InChI=1S/C24H19Cl2N3OS/c1-16(18-7-10-20(11-8-18)30-14-17-5-3-2-4-6-17)28-29-24-27-23(15-31-24)21-12-9-19(25)13-22(21)26/h2-13,15H,14H2,1H3,(H,27,29). The van der Waals surface area contributed by atoms with E-state index in [1.807, 2.05) is 73.0 Å². The molecule has 1 heterocycles. The average molecular weight is 468 g/mol. The summed E-state index contributed by atoms with van der Waals surface area (Å²) in [5.74, 6) is 0.817. The Balaban J connectivity index is 1.38. The number of anilines is 1.